The van der Waals surface area contributed by atoms with Gasteiger partial charge in [0.05, 0.1) is 12.6 Å². The smallest absolute Gasteiger partial charge is 0.328 e. The first-order valence-electron chi connectivity index (χ1n) is 12.8. The molecule has 0 radical (unpaired) electrons. The quantitative estimate of drug-likeness (QED) is 0.112. The molecule has 0 heterocycles. The van der Waals surface area contributed by atoms with E-state index in [0.29, 0.717) is 30.5 Å². The van der Waals surface area contributed by atoms with Crippen LogP contribution in [0.3, 0.4) is 0 Å². The van der Waals surface area contributed by atoms with Crippen LogP contribution in [0.5, 0.6) is 11.5 Å². The second kappa shape index (κ2) is 16.0. The lowest BCUT2D eigenvalue weighted by atomic mass is 10.0. The number of carbonyl (C=O) groups is 4. The van der Waals surface area contributed by atoms with Crippen molar-refractivity contribution < 1.29 is 39.6 Å². The van der Waals surface area contributed by atoms with Crippen molar-refractivity contribution in [3.63, 3.8) is 0 Å². The molecule has 0 fully saturated rings. The average Bonchev–Trinajstić information content (AvgIpc) is 2.92. The van der Waals surface area contributed by atoms with Crippen LogP contribution in [0.2, 0.25) is 0 Å². The number of unbranched alkanes of at least 4 members (excludes halogenated alkanes) is 1. The van der Waals surface area contributed by atoms with Crippen molar-refractivity contribution in [3.05, 3.63) is 59.7 Å². The Kier molecular flexibility index (Phi) is 12.8. The SMILES string of the molecule is NCCCCC(NC(=O)C(Cc1ccc(O)cc1)NC(=O)C(N)Cc1ccc(O)cc1)C(=O)NC(CO)C(=O)O. The largest absolute Gasteiger partial charge is 0.508 e. The highest BCUT2D eigenvalue weighted by Gasteiger charge is 2.30. The fraction of sp³-hybridized carbons (Fsp3) is 0.407. The number of amides is 3. The van der Waals surface area contributed by atoms with Gasteiger partial charge in [0.25, 0.3) is 0 Å². The van der Waals surface area contributed by atoms with E-state index in [1.807, 2.05) is 0 Å². The molecule has 11 N–H and O–H groups in total. The molecule has 0 saturated carbocycles. The van der Waals surface area contributed by atoms with Gasteiger partial charge in [0.15, 0.2) is 0 Å². The first-order valence-corrected chi connectivity index (χ1v) is 12.8. The maximum absolute atomic E-state index is 13.4. The van der Waals surface area contributed by atoms with Crippen molar-refractivity contribution in [1.82, 2.24) is 16.0 Å². The van der Waals surface area contributed by atoms with Crippen LogP contribution in [-0.4, -0.2) is 81.4 Å². The van der Waals surface area contributed by atoms with Crippen molar-refractivity contribution in [1.29, 1.82) is 0 Å². The van der Waals surface area contributed by atoms with Crippen molar-refractivity contribution >= 4 is 23.7 Å². The van der Waals surface area contributed by atoms with Gasteiger partial charge in [-0.15, -0.1) is 0 Å². The van der Waals surface area contributed by atoms with Gasteiger partial charge < -0.3 is 47.8 Å². The summed E-state index contributed by atoms with van der Waals surface area (Å²) in [4.78, 5) is 50.5. The molecule has 3 amide bonds. The Morgan fingerprint density at radius 1 is 0.700 bits per heavy atom. The minimum atomic E-state index is -1.56. The van der Waals surface area contributed by atoms with E-state index in [1.54, 1.807) is 24.3 Å². The number of aliphatic hydroxyl groups excluding tert-OH is 1. The van der Waals surface area contributed by atoms with Gasteiger partial charge in [0, 0.05) is 6.42 Å². The minimum absolute atomic E-state index is 0.00465. The Hall–Kier alpha value is -4.20. The molecule has 2 rings (SSSR count). The number of aliphatic carboxylic acids is 1. The summed E-state index contributed by atoms with van der Waals surface area (Å²) in [6, 6.07) is 7.19. The zero-order chi connectivity index (χ0) is 29.7. The van der Waals surface area contributed by atoms with Crippen LogP contribution in [0.4, 0.5) is 0 Å². The summed E-state index contributed by atoms with van der Waals surface area (Å²) in [5.74, 6) is -3.54. The van der Waals surface area contributed by atoms with Gasteiger partial charge in [0.1, 0.15) is 29.6 Å². The van der Waals surface area contributed by atoms with E-state index in [4.69, 9.17) is 11.5 Å². The second-order valence-electron chi connectivity index (χ2n) is 9.34. The topological polar surface area (TPSA) is 237 Å². The summed E-state index contributed by atoms with van der Waals surface area (Å²) >= 11 is 0. The number of rotatable bonds is 16. The highest BCUT2D eigenvalue weighted by atomic mass is 16.4. The number of phenols is 2. The van der Waals surface area contributed by atoms with Crippen molar-refractivity contribution in [2.24, 2.45) is 11.5 Å². The summed E-state index contributed by atoms with van der Waals surface area (Å²) in [6.07, 6.45) is 1.24. The van der Waals surface area contributed by atoms with Crippen LogP contribution in [0, 0.1) is 0 Å². The standard InChI is InChI=1S/C27H37N5O8/c28-12-2-1-3-21(25(37)32-23(15-33)27(39)40)30-26(38)22(14-17-6-10-19(35)11-7-17)31-24(36)20(29)13-16-4-8-18(34)9-5-16/h4-11,20-23,33-35H,1-3,12-15,28-29H2,(H,30,38)(H,31,36)(H,32,37)(H,39,40). The first-order chi connectivity index (χ1) is 19.0. The molecule has 4 unspecified atom stereocenters. The van der Waals surface area contributed by atoms with E-state index in [2.05, 4.69) is 16.0 Å². The molecule has 0 aliphatic carbocycles. The number of aromatic hydroxyl groups is 2. The molecule has 0 saturated heterocycles. The van der Waals surface area contributed by atoms with Crippen LogP contribution in [0.15, 0.2) is 48.5 Å². The molecular formula is C27H37N5O8. The normalized spacial score (nSPS) is 13.9. The van der Waals surface area contributed by atoms with Gasteiger partial charge in [-0.2, -0.15) is 0 Å². The van der Waals surface area contributed by atoms with E-state index in [9.17, 15) is 39.6 Å². The number of hydrogen-bond acceptors (Lipinski definition) is 9. The van der Waals surface area contributed by atoms with Crippen molar-refractivity contribution in [2.45, 2.75) is 56.3 Å². The van der Waals surface area contributed by atoms with E-state index in [1.165, 1.54) is 24.3 Å². The van der Waals surface area contributed by atoms with E-state index < -0.39 is 54.5 Å². The lowest BCUT2D eigenvalue weighted by Gasteiger charge is -2.25. The van der Waals surface area contributed by atoms with Crippen LogP contribution < -0.4 is 27.4 Å². The predicted molar refractivity (Wildman–Crippen MR) is 145 cm³/mol. The third-order valence-corrected chi connectivity index (χ3v) is 6.11. The summed E-state index contributed by atoms with van der Waals surface area (Å²) in [5, 5.41) is 44.9. The van der Waals surface area contributed by atoms with Gasteiger partial charge in [-0.1, -0.05) is 24.3 Å². The van der Waals surface area contributed by atoms with Gasteiger partial charge >= 0.3 is 5.97 Å². The zero-order valence-electron chi connectivity index (χ0n) is 22.0. The Bertz CT molecular complexity index is 1130. The Morgan fingerprint density at radius 3 is 1.68 bits per heavy atom. The molecule has 0 bridgehead atoms. The van der Waals surface area contributed by atoms with E-state index in [0.717, 1.165) is 0 Å². The molecule has 218 valence electrons. The molecule has 4 atom stereocenters. The van der Waals surface area contributed by atoms with E-state index >= 15 is 0 Å². The third kappa shape index (κ3) is 10.5. The second-order valence-corrected chi connectivity index (χ2v) is 9.34. The van der Waals surface area contributed by atoms with Crippen molar-refractivity contribution in [2.75, 3.05) is 13.2 Å². The summed E-state index contributed by atoms with van der Waals surface area (Å²) < 4.78 is 0. The molecule has 0 aliphatic rings. The number of phenolic OH excluding ortho intramolecular Hbond substituents is 2. The maximum Gasteiger partial charge on any atom is 0.328 e. The lowest BCUT2D eigenvalue weighted by Crippen LogP contribution is -2.58. The average molecular weight is 560 g/mol. The predicted octanol–water partition coefficient (Wildman–Crippen LogP) is -1.13. The molecule has 13 heteroatoms. The fourth-order valence-electron chi connectivity index (χ4n) is 3.83. The first kappa shape index (κ1) is 32.0. The molecule has 2 aromatic rings. The number of benzene rings is 2. The van der Waals surface area contributed by atoms with Crippen LogP contribution in [0.1, 0.15) is 30.4 Å². The fourth-order valence-corrected chi connectivity index (χ4v) is 3.83. The van der Waals surface area contributed by atoms with Gasteiger partial charge in [-0.05, 0) is 67.6 Å². The Balaban J connectivity index is 2.22. The summed E-state index contributed by atoms with van der Waals surface area (Å²) in [5.41, 5.74) is 12.9. The number of carboxylic acids is 1. The number of nitrogens with two attached hydrogens (primary N) is 2. The van der Waals surface area contributed by atoms with Gasteiger partial charge in [-0.25, -0.2) is 4.79 Å². The molecule has 2 aromatic carbocycles. The highest BCUT2D eigenvalue weighted by Crippen LogP contribution is 2.13. The number of nitrogens with one attached hydrogen (secondary N) is 3. The van der Waals surface area contributed by atoms with Crippen LogP contribution in [0.25, 0.3) is 0 Å². The lowest BCUT2D eigenvalue weighted by molar-refractivity contribution is -0.143. The highest BCUT2D eigenvalue weighted by molar-refractivity contribution is 5.94. The zero-order valence-corrected chi connectivity index (χ0v) is 22.0. The molecule has 0 aliphatic heterocycles. The number of aliphatic hydroxyl groups is 1. The monoisotopic (exact) mass is 559 g/mol. The summed E-state index contributed by atoms with van der Waals surface area (Å²) in [7, 11) is 0. The molecule has 40 heavy (non-hydrogen) atoms. The molecular weight excluding hydrogens is 522 g/mol. The molecule has 13 nitrogen and oxygen atoms in total. The molecule has 0 spiro atoms. The third-order valence-electron chi connectivity index (χ3n) is 6.11. The van der Waals surface area contributed by atoms with Crippen LogP contribution >= 0.6 is 0 Å². The van der Waals surface area contributed by atoms with Crippen LogP contribution in [-0.2, 0) is 32.0 Å². The number of carbonyl (C=O) groups excluding carboxylic acids is 3. The molecule has 0 aromatic heterocycles. The maximum atomic E-state index is 13.4. The van der Waals surface area contributed by atoms with E-state index in [-0.39, 0.29) is 30.8 Å². The summed E-state index contributed by atoms with van der Waals surface area (Å²) in [6.45, 7) is -0.502. The minimum Gasteiger partial charge on any atom is -0.508 e. The van der Waals surface area contributed by atoms with Gasteiger partial charge in [-0.3, -0.25) is 14.4 Å². The van der Waals surface area contributed by atoms with Gasteiger partial charge in [0.2, 0.25) is 17.7 Å². The Morgan fingerprint density at radius 2 is 1.18 bits per heavy atom. The Labute approximate surface area is 231 Å². The van der Waals surface area contributed by atoms with Crippen molar-refractivity contribution in [3.8, 4) is 11.5 Å². The number of carboxylic acid groups (broad SMARTS) is 1. The number of hydrogen-bond donors (Lipinski definition) is 9.